The lowest BCUT2D eigenvalue weighted by Crippen LogP contribution is -2.49. The zero-order valence-corrected chi connectivity index (χ0v) is 15.3. The summed E-state index contributed by atoms with van der Waals surface area (Å²) in [7, 11) is 0. The number of rotatable bonds is 6. The molecule has 1 unspecified atom stereocenters. The molecule has 134 valence electrons. The van der Waals surface area contributed by atoms with E-state index in [2.05, 4.69) is 15.9 Å². The Morgan fingerprint density at radius 3 is 2.56 bits per heavy atom. The average Bonchev–Trinajstić information content (AvgIpc) is 2.61. The Kier molecular flexibility index (Phi) is 6.19. The fourth-order valence-corrected chi connectivity index (χ4v) is 3.38. The molecule has 4 nitrogen and oxygen atoms in total. The maximum absolute atomic E-state index is 10.3. The fraction of sp³-hybridized carbons (Fsp3) is 0.400. The van der Waals surface area contributed by atoms with Gasteiger partial charge >= 0.3 is 0 Å². The topological polar surface area (TPSA) is 35.9 Å². The molecule has 2 aromatic carbocycles. The Labute approximate surface area is 154 Å². The van der Waals surface area contributed by atoms with Crippen molar-refractivity contribution in [2.45, 2.75) is 13.0 Å². The van der Waals surface area contributed by atoms with Gasteiger partial charge in [-0.1, -0.05) is 35.9 Å². The molecule has 0 bridgehead atoms. The van der Waals surface area contributed by atoms with Crippen LogP contribution in [0.15, 0.2) is 48.5 Å². The molecule has 1 N–H and O–H groups in total. The van der Waals surface area contributed by atoms with E-state index in [9.17, 15) is 5.11 Å². The molecule has 0 amide bonds. The van der Waals surface area contributed by atoms with Gasteiger partial charge in [0, 0.05) is 32.7 Å². The number of piperazine rings is 1. The summed E-state index contributed by atoms with van der Waals surface area (Å²) in [6.07, 6.45) is -0.493. The number of hydrogen-bond donors (Lipinski definition) is 1. The van der Waals surface area contributed by atoms with Crippen LogP contribution in [0.2, 0.25) is 5.02 Å². The third kappa shape index (κ3) is 5.11. The maximum Gasteiger partial charge on any atom is 0.119 e. The summed E-state index contributed by atoms with van der Waals surface area (Å²) in [5.41, 5.74) is 2.25. The number of aliphatic hydroxyl groups excluding tert-OH is 1. The van der Waals surface area contributed by atoms with Crippen molar-refractivity contribution in [3.05, 3.63) is 59.1 Å². The van der Waals surface area contributed by atoms with Crippen LogP contribution in [0.1, 0.15) is 5.56 Å². The minimum absolute atomic E-state index is 0.314. The highest BCUT2D eigenvalue weighted by Crippen LogP contribution is 2.26. The summed E-state index contributed by atoms with van der Waals surface area (Å²) in [5, 5.41) is 11.1. The summed E-state index contributed by atoms with van der Waals surface area (Å²) < 4.78 is 5.69. The van der Waals surface area contributed by atoms with E-state index in [4.69, 9.17) is 16.3 Å². The number of anilines is 1. The Hall–Kier alpha value is -1.75. The first-order chi connectivity index (χ1) is 12.1. The van der Waals surface area contributed by atoms with Crippen LogP contribution in [0.25, 0.3) is 0 Å². The molecule has 1 saturated heterocycles. The van der Waals surface area contributed by atoms with Crippen LogP contribution < -0.4 is 9.64 Å². The molecule has 0 saturated carbocycles. The molecular formula is C20H25ClN2O2. The highest BCUT2D eigenvalue weighted by atomic mass is 35.5. The third-order valence-electron chi connectivity index (χ3n) is 4.47. The van der Waals surface area contributed by atoms with E-state index in [1.54, 1.807) is 0 Å². The molecule has 0 aliphatic carbocycles. The molecule has 25 heavy (non-hydrogen) atoms. The normalized spacial score (nSPS) is 16.7. The number of hydrogen-bond acceptors (Lipinski definition) is 4. The highest BCUT2D eigenvalue weighted by molar-refractivity contribution is 6.33. The van der Waals surface area contributed by atoms with Crippen LogP contribution in [0.5, 0.6) is 5.75 Å². The third-order valence-corrected chi connectivity index (χ3v) is 4.79. The first-order valence-corrected chi connectivity index (χ1v) is 9.09. The van der Waals surface area contributed by atoms with Crippen molar-refractivity contribution in [1.29, 1.82) is 0 Å². The van der Waals surface area contributed by atoms with Crippen LogP contribution in [-0.4, -0.2) is 55.4 Å². The SMILES string of the molecule is Cc1cccc(OCC(O)CN2CCN(c3ccccc3Cl)CC2)c1. The first-order valence-electron chi connectivity index (χ1n) is 8.71. The van der Waals surface area contributed by atoms with Gasteiger partial charge in [-0.3, -0.25) is 4.90 Å². The van der Waals surface area contributed by atoms with Crippen molar-refractivity contribution >= 4 is 17.3 Å². The molecule has 1 atom stereocenters. The fourth-order valence-electron chi connectivity index (χ4n) is 3.13. The lowest BCUT2D eigenvalue weighted by atomic mass is 10.2. The standard InChI is InChI=1S/C20H25ClN2O2/c1-16-5-4-6-18(13-16)25-15-17(24)14-22-9-11-23(12-10-22)20-8-3-2-7-19(20)21/h2-8,13,17,24H,9-12,14-15H2,1H3. The Balaban J connectivity index is 1.43. The number of β-amino-alcohol motifs (C(OH)–C–C–N with tert-alkyl or cyclic N) is 1. The van der Waals surface area contributed by atoms with E-state index in [0.717, 1.165) is 48.2 Å². The van der Waals surface area contributed by atoms with Gasteiger partial charge in [-0.2, -0.15) is 0 Å². The van der Waals surface area contributed by atoms with Gasteiger partial charge in [0.1, 0.15) is 18.5 Å². The van der Waals surface area contributed by atoms with Crippen molar-refractivity contribution in [2.24, 2.45) is 0 Å². The molecule has 3 rings (SSSR count). The molecular weight excluding hydrogens is 336 g/mol. The number of aliphatic hydroxyl groups is 1. The molecule has 5 heteroatoms. The Morgan fingerprint density at radius 1 is 1.08 bits per heavy atom. The van der Waals surface area contributed by atoms with Crippen LogP contribution >= 0.6 is 11.6 Å². The molecule has 1 aliphatic rings. The summed E-state index contributed by atoms with van der Waals surface area (Å²) in [4.78, 5) is 4.58. The summed E-state index contributed by atoms with van der Waals surface area (Å²) in [5.74, 6) is 0.808. The lowest BCUT2D eigenvalue weighted by Gasteiger charge is -2.37. The first kappa shape index (κ1) is 18.1. The van der Waals surface area contributed by atoms with Crippen LogP contribution in [0.3, 0.4) is 0 Å². The van der Waals surface area contributed by atoms with Crippen LogP contribution in [-0.2, 0) is 0 Å². The number of aryl methyl sites for hydroxylation is 1. The minimum Gasteiger partial charge on any atom is -0.491 e. The molecule has 1 fully saturated rings. The lowest BCUT2D eigenvalue weighted by molar-refractivity contribution is 0.0663. The Bertz CT molecular complexity index is 687. The number of ether oxygens (including phenoxy) is 1. The van der Waals surface area contributed by atoms with Crippen molar-refractivity contribution in [2.75, 3.05) is 44.2 Å². The second kappa shape index (κ2) is 8.56. The second-order valence-electron chi connectivity index (χ2n) is 6.52. The predicted octanol–water partition coefficient (Wildman–Crippen LogP) is 3.21. The van der Waals surface area contributed by atoms with Crippen molar-refractivity contribution in [1.82, 2.24) is 4.90 Å². The minimum atomic E-state index is -0.493. The summed E-state index contributed by atoms with van der Waals surface area (Å²) in [6, 6.07) is 15.8. The molecule has 0 radical (unpaired) electrons. The number of para-hydroxylation sites is 1. The predicted molar refractivity (Wildman–Crippen MR) is 103 cm³/mol. The van der Waals surface area contributed by atoms with E-state index in [1.165, 1.54) is 0 Å². The molecule has 2 aromatic rings. The van der Waals surface area contributed by atoms with Crippen molar-refractivity contribution in [3.63, 3.8) is 0 Å². The van der Waals surface area contributed by atoms with Gasteiger partial charge in [-0.15, -0.1) is 0 Å². The van der Waals surface area contributed by atoms with Gasteiger partial charge in [0.05, 0.1) is 10.7 Å². The molecule has 1 aliphatic heterocycles. The highest BCUT2D eigenvalue weighted by Gasteiger charge is 2.20. The number of halogens is 1. The summed E-state index contributed by atoms with van der Waals surface area (Å²) >= 11 is 6.28. The Morgan fingerprint density at radius 2 is 1.84 bits per heavy atom. The largest absolute Gasteiger partial charge is 0.491 e. The smallest absolute Gasteiger partial charge is 0.119 e. The van der Waals surface area contributed by atoms with Crippen LogP contribution in [0.4, 0.5) is 5.69 Å². The molecule has 0 spiro atoms. The summed E-state index contributed by atoms with van der Waals surface area (Å²) in [6.45, 7) is 6.61. The number of nitrogens with zero attached hydrogens (tertiary/aromatic N) is 2. The van der Waals surface area contributed by atoms with E-state index >= 15 is 0 Å². The van der Waals surface area contributed by atoms with Gasteiger partial charge < -0.3 is 14.7 Å². The quantitative estimate of drug-likeness (QED) is 0.858. The molecule has 0 aromatic heterocycles. The monoisotopic (exact) mass is 360 g/mol. The second-order valence-corrected chi connectivity index (χ2v) is 6.93. The van der Waals surface area contributed by atoms with Gasteiger partial charge in [0.2, 0.25) is 0 Å². The van der Waals surface area contributed by atoms with Gasteiger partial charge in [0.25, 0.3) is 0 Å². The average molecular weight is 361 g/mol. The van der Waals surface area contributed by atoms with Crippen molar-refractivity contribution < 1.29 is 9.84 Å². The zero-order chi connectivity index (χ0) is 17.6. The molecule has 1 heterocycles. The van der Waals surface area contributed by atoms with Gasteiger partial charge in [-0.05, 0) is 36.8 Å². The van der Waals surface area contributed by atoms with E-state index < -0.39 is 6.10 Å². The van der Waals surface area contributed by atoms with E-state index in [1.807, 2.05) is 49.4 Å². The number of benzene rings is 2. The zero-order valence-electron chi connectivity index (χ0n) is 14.6. The maximum atomic E-state index is 10.3. The van der Waals surface area contributed by atoms with E-state index in [0.29, 0.717) is 13.2 Å². The van der Waals surface area contributed by atoms with Gasteiger partial charge in [-0.25, -0.2) is 0 Å². The van der Waals surface area contributed by atoms with Gasteiger partial charge in [0.15, 0.2) is 0 Å². The van der Waals surface area contributed by atoms with Crippen molar-refractivity contribution in [3.8, 4) is 5.75 Å². The van der Waals surface area contributed by atoms with Crippen LogP contribution in [0, 0.1) is 6.92 Å². The van der Waals surface area contributed by atoms with E-state index in [-0.39, 0.29) is 0 Å².